The van der Waals surface area contributed by atoms with E-state index in [0.29, 0.717) is 6.61 Å². The van der Waals surface area contributed by atoms with Crippen molar-refractivity contribution in [2.24, 2.45) is 0 Å². The maximum absolute atomic E-state index is 12.7. The van der Waals surface area contributed by atoms with Gasteiger partial charge in [0.25, 0.3) is 0 Å². The average Bonchev–Trinajstić information content (AvgIpc) is 2.81. The first-order valence-electron chi connectivity index (χ1n) is 8.35. The Kier molecular flexibility index (Phi) is 6.65. The van der Waals surface area contributed by atoms with Crippen molar-refractivity contribution in [1.29, 1.82) is 0 Å². The summed E-state index contributed by atoms with van der Waals surface area (Å²) in [6.45, 7) is 21.6. The Morgan fingerprint density at radius 1 is 1.21 bits per heavy atom. The summed E-state index contributed by atoms with van der Waals surface area (Å²) in [4.78, 5) is 5.69. The van der Waals surface area contributed by atoms with Crippen LogP contribution >= 0.6 is 11.3 Å². The van der Waals surface area contributed by atoms with E-state index in [-0.39, 0.29) is 9.79 Å². The van der Waals surface area contributed by atoms with Gasteiger partial charge in [-0.2, -0.15) is 0 Å². The van der Waals surface area contributed by atoms with Crippen LogP contribution in [0.25, 0.3) is 0 Å². The van der Waals surface area contributed by atoms with E-state index in [2.05, 4.69) is 43.6 Å². The Hall–Kier alpha value is -0.0831. The SMILES string of the molecule is Cc1cnc([C@](C)(CO[Si](C)(C)C(C)(C)C)NS(=O)C(C)(C)C)s1. The third-order valence-corrected chi connectivity index (χ3v) is 11.9. The maximum Gasteiger partial charge on any atom is 0.192 e. The monoisotopic (exact) mass is 390 g/mol. The fraction of sp³-hybridized carbons (Fsp3) is 0.824. The number of rotatable bonds is 6. The second-order valence-corrected chi connectivity index (χ2v) is 17.2. The van der Waals surface area contributed by atoms with E-state index in [4.69, 9.17) is 4.43 Å². The molecule has 1 N–H and O–H groups in total. The lowest BCUT2D eigenvalue weighted by Gasteiger charge is -2.40. The van der Waals surface area contributed by atoms with Crippen LogP contribution in [-0.2, 0) is 21.0 Å². The minimum absolute atomic E-state index is 0.135. The van der Waals surface area contributed by atoms with Crippen LogP contribution in [0.1, 0.15) is 58.4 Å². The lowest BCUT2D eigenvalue weighted by molar-refractivity contribution is 0.200. The van der Waals surface area contributed by atoms with E-state index >= 15 is 0 Å². The summed E-state index contributed by atoms with van der Waals surface area (Å²) >= 11 is 1.63. The quantitative estimate of drug-likeness (QED) is 0.714. The molecule has 24 heavy (non-hydrogen) atoms. The highest BCUT2D eigenvalue weighted by molar-refractivity contribution is 7.84. The Balaban J connectivity index is 3.09. The molecule has 4 nitrogen and oxygen atoms in total. The largest absolute Gasteiger partial charge is 0.414 e. The van der Waals surface area contributed by atoms with Crippen LogP contribution in [0, 0.1) is 6.92 Å². The van der Waals surface area contributed by atoms with Crippen LogP contribution in [0.5, 0.6) is 0 Å². The summed E-state index contributed by atoms with van der Waals surface area (Å²) < 4.78 is 22.1. The molecule has 1 rings (SSSR count). The summed E-state index contributed by atoms with van der Waals surface area (Å²) in [7, 11) is -3.10. The van der Waals surface area contributed by atoms with Gasteiger partial charge in [-0.3, -0.25) is 0 Å². The predicted octanol–water partition coefficient (Wildman–Crippen LogP) is 4.74. The Morgan fingerprint density at radius 2 is 1.75 bits per heavy atom. The number of hydrogen-bond acceptors (Lipinski definition) is 4. The van der Waals surface area contributed by atoms with Crippen LogP contribution in [0.3, 0.4) is 0 Å². The smallest absolute Gasteiger partial charge is 0.192 e. The first-order chi connectivity index (χ1) is 10.6. The fourth-order valence-electron chi connectivity index (χ4n) is 1.64. The Bertz CT molecular complexity index is 588. The standard InChI is InChI=1S/C17H34N2O2S2Si/c1-13-11-18-14(22-13)17(8,19-23(20)15(2,3)4)12-21-24(9,10)16(5,6)7/h11,19H,12H2,1-10H3/t17-,23?/m0/s1. The van der Waals surface area contributed by atoms with Gasteiger partial charge in [-0.05, 0) is 52.8 Å². The second-order valence-electron chi connectivity index (χ2n) is 9.14. The number of hydrogen-bond donors (Lipinski definition) is 1. The van der Waals surface area contributed by atoms with Gasteiger partial charge in [-0.25, -0.2) is 13.9 Å². The molecule has 0 bridgehead atoms. The second kappa shape index (κ2) is 7.27. The van der Waals surface area contributed by atoms with Crippen LogP contribution in [0.2, 0.25) is 18.1 Å². The molecule has 0 aliphatic heterocycles. The number of aryl methyl sites for hydroxylation is 1. The number of nitrogens with zero attached hydrogens (tertiary/aromatic N) is 1. The highest BCUT2D eigenvalue weighted by atomic mass is 32.2. The first-order valence-corrected chi connectivity index (χ1v) is 13.2. The molecule has 0 aliphatic carbocycles. The van der Waals surface area contributed by atoms with Gasteiger partial charge >= 0.3 is 0 Å². The molecule has 0 amide bonds. The lowest BCUT2D eigenvalue weighted by atomic mass is 10.1. The van der Waals surface area contributed by atoms with Gasteiger partial charge in [0, 0.05) is 11.1 Å². The van der Waals surface area contributed by atoms with E-state index in [1.54, 1.807) is 11.3 Å². The van der Waals surface area contributed by atoms with Gasteiger partial charge in [0.1, 0.15) is 10.5 Å². The fourth-order valence-corrected chi connectivity index (χ4v) is 4.51. The molecule has 1 unspecified atom stereocenters. The lowest BCUT2D eigenvalue weighted by Crippen LogP contribution is -2.52. The molecule has 140 valence electrons. The minimum atomic E-state index is -1.90. The number of thiazole rings is 1. The van der Waals surface area contributed by atoms with E-state index in [0.717, 1.165) is 9.88 Å². The van der Waals surface area contributed by atoms with Crippen molar-refractivity contribution in [3.8, 4) is 0 Å². The van der Waals surface area contributed by atoms with Gasteiger partial charge in [0.2, 0.25) is 0 Å². The zero-order valence-corrected chi connectivity index (χ0v) is 19.5. The number of nitrogens with one attached hydrogen (secondary N) is 1. The summed E-state index contributed by atoms with van der Waals surface area (Å²) in [5.74, 6) is 0. The third kappa shape index (κ3) is 5.46. The first kappa shape index (κ1) is 22.0. The molecule has 1 aromatic heterocycles. The van der Waals surface area contributed by atoms with Crippen molar-refractivity contribution in [1.82, 2.24) is 9.71 Å². The zero-order valence-electron chi connectivity index (χ0n) is 16.9. The Labute approximate surface area is 155 Å². The highest BCUT2D eigenvalue weighted by Crippen LogP contribution is 2.38. The third-order valence-electron chi connectivity index (χ3n) is 4.50. The van der Waals surface area contributed by atoms with E-state index in [9.17, 15) is 4.21 Å². The predicted molar refractivity (Wildman–Crippen MR) is 108 cm³/mol. The van der Waals surface area contributed by atoms with E-state index in [1.807, 2.05) is 40.8 Å². The normalized spacial score (nSPS) is 17.6. The number of aromatic nitrogens is 1. The van der Waals surface area contributed by atoms with E-state index < -0.39 is 24.8 Å². The molecule has 7 heteroatoms. The van der Waals surface area contributed by atoms with Gasteiger partial charge in [0.05, 0.1) is 22.3 Å². The molecule has 0 aliphatic rings. The molecule has 0 saturated heterocycles. The maximum atomic E-state index is 12.7. The molecule has 0 fully saturated rings. The molecular weight excluding hydrogens is 356 g/mol. The molecule has 0 aromatic carbocycles. The van der Waals surface area contributed by atoms with Gasteiger partial charge in [-0.1, -0.05) is 20.8 Å². The molecule has 0 spiro atoms. The molecular formula is C17H34N2O2S2Si. The molecule has 1 aromatic rings. The van der Waals surface area contributed by atoms with E-state index in [1.165, 1.54) is 0 Å². The minimum Gasteiger partial charge on any atom is -0.414 e. The summed E-state index contributed by atoms with van der Waals surface area (Å²) in [6.07, 6.45) is 1.87. The molecule has 0 saturated carbocycles. The summed E-state index contributed by atoms with van der Waals surface area (Å²) in [6, 6.07) is 0. The van der Waals surface area contributed by atoms with Crippen molar-refractivity contribution in [3.05, 3.63) is 16.1 Å². The molecule has 2 atom stereocenters. The topological polar surface area (TPSA) is 51.2 Å². The van der Waals surface area contributed by atoms with Gasteiger partial charge < -0.3 is 4.43 Å². The average molecular weight is 391 g/mol. The summed E-state index contributed by atoms with van der Waals surface area (Å²) in [5.41, 5.74) is -0.563. The van der Waals surface area contributed by atoms with Crippen molar-refractivity contribution >= 4 is 30.6 Å². The van der Waals surface area contributed by atoms with Crippen LogP contribution in [0.4, 0.5) is 0 Å². The van der Waals surface area contributed by atoms with Crippen LogP contribution in [-0.4, -0.2) is 28.9 Å². The van der Waals surface area contributed by atoms with Crippen molar-refractivity contribution in [2.75, 3.05) is 6.61 Å². The molecule has 1 heterocycles. The highest BCUT2D eigenvalue weighted by Gasteiger charge is 2.41. The molecule has 0 radical (unpaired) electrons. The van der Waals surface area contributed by atoms with Crippen molar-refractivity contribution in [2.45, 2.75) is 83.8 Å². The van der Waals surface area contributed by atoms with Crippen LogP contribution in [0.15, 0.2) is 6.20 Å². The Morgan fingerprint density at radius 3 is 2.12 bits per heavy atom. The zero-order chi connectivity index (χ0) is 19.0. The van der Waals surface area contributed by atoms with Gasteiger partial charge in [0.15, 0.2) is 8.32 Å². The van der Waals surface area contributed by atoms with Crippen LogP contribution < -0.4 is 4.72 Å². The van der Waals surface area contributed by atoms with Gasteiger partial charge in [-0.15, -0.1) is 11.3 Å². The van der Waals surface area contributed by atoms with Crippen molar-refractivity contribution in [3.63, 3.8) is 0 Å². The summed E-state index contributed by atoms with van der Waals surface area (Å²) in [5, 5.41) is 1.06. The van der Waals surface area contributed by atoms with Crippen molar-refractivity contribution < 1.29 is 8.63 Å².